The van der Waals surface area contributed by atoms with Crippen molar-refractivity contribution in [1.29, 1.82) is 0 Å². The molecule has 0 saturated heterocycles. The third kappa shape index (κ3) is 1.28. The molecule has 2 aromatic rings. The summed E-state index contributed by atoms with van der Waals surface area (Å²) < 4.78 is 2.44. The first-order valence-electron chi connectivity index (χ1n) is 4.42. The topological polar surface area (TPSA) is 37.5 Å². The number of nitrogens with zero attached hydrogens (tertiary/aromatic N) is 2. The first kappa shape index (κ1) is 9.15. The number of hydrogen-bond acceptors (Lipinski definition) is 3. The van der Waals surface area contributed by atoms with E-state index in [1.807, 2.05) is 13.1 Å². The van der Waals surface area contributed by atoms with Gasteiger partial charge in [-0.05, 0) is 18.6 Å². The molecule has 0 aromatic carbocycles. The summed E-state index contributed by atoms with van der Waals surface area (Å²) in [4.78, 5) is 4.16. The van der Waals surface area contributed by atoms with E-state index < -0.39 is 0 Å². The van der Waals surface area contributed by atoms with Gasteiger partial charge in [0.2, 0.25) is 0 Å². The minimum Gasteiger partial charge on any atom is -0.504 e. The Morgan fingerprint density at radius 2 is 2.36 bits per heavy atom. The average Bonchev–Trinajstić information content (AvgIpc) is 2.20. The number of rotatable bonds is 1. The minimum atomic E-state index is 0.154. The monoisotopic (exact) mass is 206 g/mol. The van der Waals surface area contributed by atoms with Crippen LogP contribution in [0.5, 0.6) is 5.75 Å². The van der Waals surface area contributed by atoms with Crippen LogP contribution in [0, 0.1) is 4.64 Å². The zero-order valence-corrected chi connectivity index (χ0v) is 8.58. The van der Waals surface area contributed by atoms with Gasteiger partial charge in [0.25, 0.3) is 0 Å². The fourth-order valence-corrected chi connectivity index (χ4v) is 1.72. The Labute approximate surface area is 86.7 Å². The highest BCUT2D eigenvalue weighted by atomic mass is 32.1. The fraction of sp³-hybridized carbons (Fsp3) is 0.200. The van der Waals surface area contributed by atoms with Crippen molar-refractivity contribution < 1.29 is 5.11 Å². The highest BCUT2D eigenvalue weighted by Crippen LogP contribution is 2.16. The van der Waals surface area contributed by atoms with Gasteiger partial charge in [-0.1, -0.05) is 19.1 Å². The van der Waals surface area contributed by atoms with Crippen LogP contribution >= 0.6 is 12.2 Å². The van der Waals surface area contributed by atoms with Gasteiger partial charge in [0.1, 0.15) is 4.64 Å². The Morgan fingerprint density at radius 1 is 1.57 bits per heavy atom. The van der Waals surface area contributed by atoms with E-state index in [1.165, 1.54) is 0 Å². The summed E-state index contributed by atoms with van der Waals surface area (Å²) in [6.07, 6.45) is 4.38. The predicted octanol–water partition coefficient (Wildman–Crippen LogP) is 2.33. The Kier molecular flexibility index (Phi) is 2.21. The number of fused-ring (bicyclic) bond motifs is 1. The second kappa shape index (κ2) is 3.38. The molecule has 0 saturated carbocycles. The normalized spacial score (nSPS) is 10.6. The highest BCUT2D eigenvalue weighted by Gasteiger charge is 2.02. The second-order valence-electron chi connectivity index (χ2n) is 3.03. The molecule has 0 aliphatic heterocycles. The maximum absolute atomic E-state index is 9.53. The SMILES string of the molecule is CCc1cnc2c(O)cccn2c1=S. The van der Waals surface area contributed by atoms with Crippen molar-refractivity contribution in [3.05, 3.63) is 34.7 Å². The molecular weight excluding hydrogens is 196 g/mol. The predicted molar refractivity (Wildman–Crippen MR) is 57.1 cm³/mol. The second-order valence-corrected chi connectivity index (χ2v) is 3.42. The molecule has 0 atom stereocenters. The lowest BCUT2D eigenvalue weighted by molar-refractivity contribution is 0.477. The van der Waals surface area contributed by atoms with Crippen LogP contribution in [0.4, 0.5) is 0 Å². The summed E-state index contributed by atoms with van der Waals surface area (Å²) in [5.41, 5.74) is 1.53. The highest BCUT2D eigenvalue weighted by molar-refractivity contribution is 7.71. The van der Waals surface area contributed by atoms with Crippen LogP contribution in [0.3, 0.4) is 0 Å². The van der Waals surface area contributed by atoms with E-state index in [9.17, 15) is 5.11 Å². The molecule has 4 heteroatoms. The first-order chi connectivity index (χ1) is 6.74. The maximum Gasteiger partial charge on any atom is 0.180 e. The van der Waals surface area contributed by atoms with Crippen LogP contribution in [0.25, 0.3) is 5.65 Å². The van der Waals surface area contributed by atoms with Gasteiger partial charge < -0.3 is 5.11 Å². The van der Waals surface area contributed by atoms with Crippen molar-refractivity contribution in [2.75, 3.05) is 0 Å². The molecule has 0 bridgehead atoms. The van der Waals surface area contributed by atoms with Crippen molar-refractivity contribution in [2.24, 2.45) is 0 Å². The quantitative estimate of drug-likeness (QED) is 0.728. The summed E-state index contributed by atoms with van der Waals surface area (Å²) in [7, 11) is 0. The van der Waals surface area contributed by atoms with E-state index in [4.69, 9.17) is 12.2 Å². The van der Waals surface area contributed by atoms with Crippen molar-refractivity contribution in [3.8, 4) is 5.75 Å². The summed E-state index contributed by atoms with van der Waals surface area (Å²) in [6.45, 7) is 2.03. The lowest BCUT2D eigenvalue weighted by Gasteiger charge is -2.04. The van der Waals surface area contributed by atoms with Gasteiger partial charge in [-0.15, -0.1) is 0 Å². The van der Waals surface area contributed by atoms with Crippen LogP contribution in [0.2, 0.25) is 0 Å². The molecular formula is C10H10N2OS. The van der Waals surface area contributed by atoms with Crippen LogP contribution in [0.1, 0.15) is 12.5 Å². The number of aromatic nitrogens is 2. The Morgan fingerprint density at radius 3 is 3.07 bits per heavy atom. The van der Waals surface area contributed by atoms with Crippen LogP contribution < -0.4 is 0 Å². The molecule has 72 valence electrons. The third-order valence-corrected chi connectivity index (χ3v) is 2.62. The zero-order valence-electron chi connectivity index (χ0n) is 7.77. The van der Waals surface area contributed by atoms with Crippen LogP contribution in [-0.4, -0.2) is 14.5 Å². The van der Waals surface area contributed by atoms with Gasteiger partial charge in [-0.3, -0.25) is 4.40 Å². The molecule has 3 nitrogen and oxygen atoms in total. The molecule has 0 fully saturated rings. The molecule has 0 aliphatic carbocycles. The number of pyridine rings is 1. The van der Waals surface area contributed by atoms with Crippen LogP contribution in [-0.2, 0) is 6.42 Å². The Bertz CT molecular complexity index is 533. The van der Waals surface area contributed by atoms with Gasteiger partial charge in [0.15, 0.2) is 11.4 Å². The van der Waals surface area contributed by atoms with E-state index in [0.717, 1.165) is 12.0 Å². The Balaban J connectivity index is 2.91. The lowest BCUT2D eigenvalue weighted by Crippen LogP contribution is -1.97. The molecule has 2 rings (SSSR count). The Hall–Kier alpha value is -1.42. The van der Waals surface area contributed by atoms with E-state index in [-0.39, 0.29) is 5.75 Å². The molecule has 14 heavy (non-hydrogen) atoms. The fourth-order valence-electron chi connectivity index (χ4n) is 1.37. The van der Waals surface area contributed by atoms with Crippen LogP contribution in [0.15, 0.2) is 24.5 Å². The average molecular weight is 206 g/mol. The van der Waals surface area contributed by atoms with Gasteiger partial charge in [0, 0.05) is 18.0 Å². The van der Waals surface area contributed by atoms with E-state index in [1.54, 1.807) is 22.7 Å². The molecule has 2 heterocycles. The summed E-state index contributed by atoms with van der Waals surface area (Å²) in [6, 6.07) is 3.35. The zero-order chi connectivity index (χ0) is 10.1. The molecule has 0 spiro atoms. The molecule has 0 amide bonds. The molecule has 0 radical (unpaired) electrons. The molecule has 2 aromatic heterocycles. The number of aryl methyl sites for hydroxylation is 1. The third-order valence-electron chi connectivity index (χ3n) is 2.16. The number of aromatic hydroxyl groups is 1. The molecule has 0 unspecified atom stereocenters. The van der Waals surface area contributed by atoms with Crippen molar-refractivity contribution in [1.82, 2.24) is 9.38 Å². The summed E-state index contributed by atoms with van der Waals surface area (Å²) in [5, 5.41) is 9.53. The van der Waals surface area contributed by atoms with E-state index in [0.29, 0.717) is 10.3 Å². The van der Waals surface area contributed by atoms with E-state index in [2.05, 4.69) is 4.98 Å². The largest absolute Gasteiger partial charge is 0.504 e. The smallest absolute Gasteiger partial charge is 0.180 e. The first-order valence-corrected chi connectivity index (χ1v) is 4.83. The summed E-state index contributed by atoms with van der Waals surface area (Å²) in [5.74, 6) is 0.154. The minimum absolute atomic E-state index is 0.154. The van der Waals surface area contributed by atoms with Gasteiger partial charge in [-0.25, -0.2) is 4.98 Å². The maximum atomic E-state index is 9.53. The van der Waals surface area contributed by atoms with Crippen molar-refractivity contribution in [3.63, 3.8) is 0 Å². The van der Waals surface area contributed by atoms with Gasteiger partial charge >= 0.3 is 0 Å². The van der Waals surface area contributed by atoms with Crippen molar-refractivity contribution in [2.45, 2.75) is 13.3 Å². The van der Waals surface area contributed by atoms with Crippen molar-refractivity contribution >= 4 is 17.9 Å². The number of hydrogen-bond donors (Lipinski definition) is 1. The standard InChI is InChI=1S/C10H10N2OS/c1-2-7-6-11-9-8(13)4-3-5-12(9)10(7)14/h3-6,13H,2H2,1H3. The van der Waals surface area contributed by atoms with Gasteiger partial charge in [-0.2, -0.15) is 0 Å². The summed E-state index contributed by atoms with van der Waals surface area (Å²) >= 11 is 5.26. The molecule has 0 aliphatic rings. The lowest BCUT2D eigenvalue weighted by atomic mass is 10.2. The molecule has 1 N–H and O–H groups in total. The van der Waals surface area contributed by atoms with Gasteiger partial charge in [0.05, 0.1) is 0 Å². The van der Waals surface area contributed by atoms with E-state index >= 15 is 0 Å².